The van der Waals surface area contributed by atoms with Gasteiger partial charge in [-0.3, -0.25) is 4.90 Å². The van der Waals surface area contributed by atoms with E-state index in [1.54, 1.807) is 0 Å². The van der Waals surface area contributed by atoms with Crippen LogP contribution in [0.1, 0.15) is 24.0 Å². The van der Waals surface area contributed by atoms with Crippen molar-refractivity contribution < 1.29 is 17.6 Å². The van der Waals surface area contributed by atoms with Crippen molar-refractivity contribution in [1.29, 1.82) is 0 Å². The standard InChI is InChI=1S/C15H20F4N2.ClH/c1-20-9-11-2-4-21(5-3-11)10-12-6-13(15(17,18)19)8-14(16)7-12;/h6-8,11,20H,2-5,9-10H2,1H3;1H. The molecule has 1 aliphatic heterocycles. The van der Waals surface area contributed by atoms with E-state index in [-0.39, 0.29) is 12.4 Å². The average molecular weight is 341 g/mol. The summed E-state index contributed by atoms with van der Waals surface area (Å²) >= 11 is 0. The Morgan fingerprint density at radius 1 is 1.18 bits per heavy atom. The van der Waals surface area contributed by atoms with Gasteiger partial charge in [-0.2, -0.15) is 13.2 Å². The quantitative estimate of drug-likeness (QED) is 0.841. The van der Waals surface area contributed by atoms with Crippen LogP contribution in [0.15, 0.2) is 18.2 Å². The maximum atomic E-state index is 13.3. The first-order valence-corrected chi connectivity index (χ1v) is 7.12. The van der Waals surface area contributed by atoms with Crippen molar-refractivity contribution >= 4 is 12.4 Å². The molecule has 1 heterocycles. The number of hydrogen-bond acceptors (Lipinski definition) is 2. The summed E-state index contributed by atoms with van der Waals surface area (Å²) in [6.07, 6.45) is -2.47. The lowest BCUT2D eigenvalue weighted by Gasteiger charge is -2.32. The summed E-state index contributed by atoms with van der Waals surface area (Å²) in [6, 6.07) is 2.78. The third-order valence-electron chi connectivity index (χ3n) is 3.89. The first kappa shape index (κ1) is 19.2. The molecule has 0 aromatic heterocycles. The zero-order valence-electron chi connectivity index (χ0n) is 12.4. The fourth-order valence-corrected chi connectivity index (χ4v) is 2.80. The summed E-state index contributed by atoms with van der Waals surface area (Å²) in [5.41, 5.74) is -0.531. The average Bonchev–Trinajstić information content (AvgIpc) is 2.40. The van der Waals surface area contributed by atoms with E-state index in [9.17, 15) is 17.6 Å². The van der Waals surface area contributed by atoms with E-state index >= 15 is 0 Å². The third-order valence-corrected chi connectivity index (χ3v) is 3.89. The third kappa shape index (κ3) is 5.41. The molecular weight excluding hydrogens is 320 g/mol. The van der Waals surface area contributed by atoms with Crippen LogP contribution in [0.3, 0.4) is 0 Å². The Bertz CT molecular complexity index is 471. The Kier molecular flexibility index (Phi) is 7.09. The van der Waals surface area contributed by atoms with Crippen LogP contribution < -0.4 is 5.32 Å². The number of alkyl halides is 3. The fourth-order valence-electron chi connectivity index (χ4n) is 2.80. The minimum Gasteiger partial charge on any atom is -0.319 e. The number of piperidine rings is 1. The molecule has 0 spiro atoms. The zero-order chi connectivity index (χ0) is 15.5. The molecule has 2 rings (SSSR count). The van der Waals surface area contributed by atoms with Crippen molar-refractivity contribution in [2.45, 2.75) is 25.6 Å². The van der Waals surface area contributed by atoms with Crippen molar-refractivity contribution in [3.63, 3.8) is 0 Å². The van der Waals surface area contributed by atoms with Gasteiger partial charge in [0.15, 0.2) is 0 Å². The second kappa shape index (κ2) is 8.13. The number of halogens is 5. The second-order valence-electron chi connectivity index (χ2n) is 5.62. The van der Waals surface area contributed by atoms with Crippen molar-refractivity contribution in [1.82, 2.24) is 10.2 Å². The highest BCUT2D eigenvalue weighted by atomic mass is 35.5. The van der Waals surface area contributed by atoms with Crippen LogP contribution in [-0.4, -0.2) is 31.6 Å². The van der Waals surface area contributed by atoms with Gasteiger partial charge < -0.3 is 5.32 Å². The summed E-state index contributed by atoms with van der Waals surface area (Å²) < 4.78 is 51.4. The Morgan fingerprint density at radius 3 is 2.36 bits per heavy atom. The van der Waals surface area contributed by atoms with Gasteiger partial charge in [0.2, 0.25) is 0 Å². The summed E-state index contributed by atoms with van der Waals surface area (Å²) in [7, 11) is 1.91. The van der Waals surface area contributed by atoms with Gasteiger partial charge in [0.1, 0.15) is 5.82 Å². The molecule has 0 atom stereocenters. The van der Waals surface area contributed by atoms with Gasteiger partial charge in [-0.1, -0.05) is 0 Å². The molecule has 1 aliphatic rings. The van der Waals surface area contributed by atoms with E-state index in [2.05, 4.69) is 10.2 Å². The minimum absolute atomic E-state index is 0. The Morgan fingerprint density at radius 2 is 1.82 bits per heavy atom. The van der Waals surface area contributed by atoms with Crippen LogP contribution in [0.2, 0.25) is 0 Å². The van der Waals surface area contributed by atoms with Gasteiger partial charge >= 0.3 is 6.18 Å². The molecule has 0 radical (unpaired) electrons. The van der Waals surface area contributed by atoms with Gasteiger partial charge in [0.05, 0.1) is 5.56 Å². The van der Waals surface area contributed by atoms with Crippen LogP contribution >= 0.6 is 12.4 Å². The summed E-state index contributed by atoms with van der Waals surface area (Å²) in [5.74, 6) is -0.214. The van der Waals surface area contributed by atoms with E-state index in [1.165, 1.54) is 6.07 Å². The molecule has 0 bridgehead atoms. The normalized spacial score (nSPS) is 17.3. The second-order valence-corrected chi connectivity index (χ2v) is 5.62. The monoisotopic (exact) mass is 340 g/mol. The van der Waals surface area contributed by atoms with Gasteiger partial charge in [-0.15, -0.1) is 12.4 Å². The SMILES string of the molecule is CNCC1CCN(Cc2cc(F)cc(C(F)(F)F)c2)CC1.Cl. The Balaban J connectivity index is 0.00000242. The van der Waals surface area contributed by atoms with Gasteiger partial charge in [-0.05, 0) is 69.2 Å². The first-order chi connectivity index (χ1) is 9.88. The van der Waals surface area contributed by atoms with E-state index in [0.717, 1.165) is 38.5 Å². The lowest BCUT2D eigenvalue weighted by atomic mass is 9.96. The molecule has 1 aromatic carbocycles. The first-order valence-electron chi connectivity index (χ1n) is 7.12. The number of hydrogen-bond donors (Lipinski definition) is 1. The van der Waals surface area contributed by atoms with Crippen LogP contribution in [0.5, 0.6) is 0 Å². The molecule has 126 valence electrons. The predicted molar refractivity (Wildman–Crippen MR) is 80.6 cm³/mol. The van der Waals surface area contributed by atoms with E-state index in [0.29, 0.717) is 24.1 Å². The van der Waals surface area contributed by atoms with Crippen molar-refractivity contribution in [3.05, 3.63) is 35.1 Å². The Hall–Kier alpha value is -0.850. The summed E-state index contributed by atoms with van der Waals surface area (Å²) in [5, 5.41) is 3.14. The smallest absolute Gasteiger partial charge is 0.319 e. The van der Waals surface area contributed by atoms with Crippen LogP contribution in [-0.2, 0) is 12.7 Å². The number of nitrogens with zero attached hydrogens (tertiary/aromatic N) is 1. The van der Waals surface area contributed by atoms with Gasteiger partial charge in [0, 0.05) is 6.54 Å². The molecule has 1 aromatic rings. The van der Waals surface area contributed by atoms with E-state index in [4.69, 9.17) is 0 Å². The van der Waals surface area contributed by atoms with Gasteiger partial charge in [-0.25, -0.2) is 4.39 Å². The number of likely N-dealkylation sites (tertiary alicyclic amines) is 1. The molecule has 1 N–H and O–H groups in total. The highest BCUT2D eigenvalue weighted by molar-refractivity contribution is 5.85. The maximum absolute atomic E-state index is 13.3. The number of nitrogens with one attached hydrogen (secondary N) is 1. The van der Waals surface area contributed by atoms with Crippen molar-refractivity contribution in [2.24, 2.45) is 5.92 Å². The van der Waals surface area contributed by atoms with Gasteiger partial charge in [0.25, 0.3) is 0 Å². The number of benzene rings is 1. The molecule has 0 unspecified atom stereocenters. The molecule has 22 heavy (non-hydrogen) atoms. The molecule has 2 nitrogen and oxygen atoms in total. The molecule has 0 aliphatic carbocycles. The molecule has 1 fully saturated rings. The molecule has 0 amide bonds. The summed E-state index contributed by atoms with van der Waals surface area (Å²) in [4.78, 5) is 2.08. The lowest BCUT2D eigenvalue weighted by Crippen LogP contribution is -2.36. The molecule has 0 saturated carbocycles. The predicted octanol–water partition coefficient (Wildman–Crippen LogP) is 3.70. The summed E-state index contributed by atoms with van der Waals surface area (Å²) in [6.45, 7) is 3.01. The van der Waals surface area contributed by atoms with Crippen LogP contribution in [0, 0.1) is 11.7 Å². The van der Waals surface area contributed by atoms with Crippen molar-refractivity contribution in [2.75, 3.05) is 26.7 Å². The van der Waals surface area contributed by atoms with E-state index in [1.807, 2.05) is 7.05 Å². The zero-order valence-corrected chi connectivity index (χ0v) is 13.2. The lowest BCUT2D eigenvalue weighted by molar-refractivity contribution is -0.137. The van der Waals surface area contributed by atoms with E-state index < -0.39 is 17.6 Å². The highest BCUT2D eigenvalue weighted by Crippen LogP contribution is 2.31. The van der Waals surface area contributed by atoms with Crippen LogP contribution in [0.4, 0.5) is 17.6 Å². The topological polar surface area (TPSA) is 15.3 Å². The maximum Gasteiger partial charge on any atom is 0.416 e. The molecular formula is C15H21ClF4N2. The molecule has 1 saturated heterocycles. The number of rotatable bonds is 4. The van der Waals surface area contributed by atoms with Crippen molar-refractivity contribution in [3.8, 4) is 0 Å². The molecule has 7 heteroatoms. The largest absolute Gasteiger partial charge is 0.416 e. The fraction of sp³-hybridized carbons (Fsp3) is 0.600. The minimum atomic E-state index is -4.50. The van der Waals surface area contributed by atoms with Crippen LogP contribution in [0.25, 0.3) is 0 Å². The Labute approximate surface area is 134 Å². The highest BCUT2D eigenvalue weighted by Gasteiger charge is 2.31.